The van der Waals surface area contributed by atoms with Gasteiger partial charge >= 0.3 is 0 Å². The van der Waals surface area contributed by atoms with Crippen LogP contribution in [-0.4, -0.2) is 46.0 Å². The fourth-order valence-electron chi connectivity index (χ4n) is 3.00. The van der Waals surface area contributed by atoms with Gasteiger partial charge in [0.1, 0.15) is 6.28 Å². The van der Waals surface area contributed by atoms with E-state index in [-0.39, 0.29) is 0 Å². The summed E-state index contributed by atoms with van der Waals surface area (Å²) in [4.78, 5) is 0. The summed E-state index contributed by atoms with van der Waals surface area (Å²) >= 11 is 42.7. The normalized spacial score (nSPS) is 22.1. The van der Waals surface area contributed by atoms with E-state index in [9.17, 15) is 0 Å². The molecule has 0 N–H and O–H groups in total. The van der Waals surface area contributed by atoms with Gasteiger partial charge in [-0.05, 0) is 0 Å². The van der Waals surface area contributed by atoms with E-state index in [4.69, 9.17) is 24.4 Å². The molecule has 204 valence electrons. The van der Waals surface area contributed by atoms with Crippen molar-refractivity contribution < 1.29 is 0 Å². The Bertz CT molecular complexity index is 1180. The van der Waals surface area contributed by atoms with Crippen LogP contribution in [0.2, 0.25) is 0 Å². The van der Waals surface area contributed by atoms with Gasteiger partial charge in [-0.15, -0.1) is 139 Å². The molecule has 0 spiro atoms. The van der Waals surface area contributed by atoms with E-state index < -0.39 is 0 Å². The lowest BCUT2D eigenvalue weighted by Gasteiger charge is -2.07. The SMILES string of the molecule is S=c1sc2c(s1)SCCSC1=C3SCCSc4sc(=S)sc4SCCSC4=C(SCCS2)SC(=C(S1)S3)S4. The van der Waals surface area contributed by atoms with Gasteiger partial charge in [0.2, 0.25) is 0 Å². The monoisotopic (exact) mass is 832 g/mol. The molecule has 0 nitrogen and oxygen atoms in total. The zero-order chi connectivity index (χ0) is 25.9. The van der Waals surface area contributed by atoms with E-state index in [2.05, 4.69) is 47.0 Å². The van der Waals surface area contributed by atoms with Crippen molar-refractivity contribution in [3.63, 3.8) is 0 Å². The molecule has 2 aromatic rings. The van der Waals surface area contributed by atoms with E-state index in [0.717, 1.165) is 52.3 Å². The predicted octanol–water partition coefficient (Wildman–Crippen LogP) is 13.8. The minimum Gasteiger partial charge on any atom is -0.116 e. The van der Waals surface area contributed by atoms with E-state index >= 15 is 0 Å². The highest BCUT2D eigenvalue weighted by Gasteiger charge is 2.31. The van der Waals surface area contributed by atoms with Crippen LogP contribution in [0.3, 0.4) is 0 Å². The van der Waals surface area contributed by atoms with Crippen molar-refractivity contribution in [2.24, 2.45) is 0 Å². The molecular weight excluding hydrogens is 817 g/mol. The van der Waals surface area contributed by atoms with Crippen molar-refractivity contribution in [2.45, 2.75) is 16.8 Å². The highest BCUT2D eigenvalue weighted by molar-refractivity contribution is 8.45. The molecule has 0 saturated heterocycles. The van der Waals surface area contributed by atoms with Gasteiger partial charge in [0.05, 0.1) is 42.3 Å². The lowest BCUT2D eigenvalue weighted by Crippen LogP contribution is -1.88. The number of thioether (sulfide) groups is 12. The first-order chi connectivity index (χ1) is 18.6. The van der Waals surface area contributed by atoms with Crippen LogP contribution in [-0.2, 0) is 0 Å². The second kappa shape index (κ2) is 16.0. The summed E-state index contributed by atoms with van der Waals surface area (Å²) in [6, 6.07) is 0. The molecule has 6 rings (SSSR count). The van der Waals surface area contributed by atoms with Crippen LogP contribution in [0.15, 0.2) is 42.3 Å². The fraction of sp³-hybridized carbons (Fsp3) is 0.400. The van der Waals surface area contributed by atoms with Crippen molar-refractivity contribution >= 4 is 211 Å². The Morgan fingerprint density at radius 1 is 0.316 bits per heavy atom. The summed E-state index contributed by atoms with van der Waals surface area (Å²) in [5.41, 5.74) is 0. The average molecular weight is 834 g/mol. The molecule has 0 aliphatic carbocycles. The Hall–Kier alpha value is 3.96. The van der Waals surface area contributed by atoms with Gasteiger partial charge in [-0.2, -0.15) is 0 Å². The molecule has 0 fully saturated rings. The van der Waals surface area contributed by atoms with E-state index in [1.165, 1.54) is 42.3 Å². The van der Waals surface area contributed by atoms with Crippen molar-refractivity contribution in [3.8, 4) is 0 Å². The maximum Gasteiger partial charge on any atom is 0.145 e. The minimum atomic E-state index is 1.06. The molecule has 0 radical (unpaired) electrons. The minimum absolute atomic E-state index is 1.06. The number of hydrogen-bond acceptors (Lipinski definition) is 18. The molecule has 0 amide bonds. The molecule has 6 heterocycles. The first-order valence-electron chi connectivity index (χ1n) is 10.9. The van der Waals surface area contributed by atoms with Crippen molar-refractivity contribution in [1.82, 2.24) is 0 Å². The lowest BCUT2D eigenvalue weighted by molar-refractivity contribution is 1.45. The molecule has 18 heteroatoms. The van der Waals surface area contributed by atoms with E-state index in [1.54, 1.807) is 0 Å². The molecule has 0 saturated carbocycles. The lowest BCUT2D eigenvalue weighted by atomic mass is 11.0. The zero-order valence-electron chi connectivity index (χ0n) is 19.0. The summed E-state index contributed by atoms with van der Waals surface area (Å²) in [6.07, 6.45) is 0. The molecule has 0 unspecified atom stereocenters. The third-order valence-corrected chi connectivity index (χ3v) is 28.3. The van der Waals surface area contributed by atoms with Crippen LogP contribution < -0.4 is 0 Å². The fourth-order valence-corrected chi connectivity index (χ4v) is 27.7. The van der Waals surface area contributed by atoms with Gasteiger partial charge in [0.15, 0.2) is 0 Å². The Morgan fingerprint density at radius 2 is 0.553 bits per heavy atom. The van der Waals surface area contributed by atoms with Crippen molar-refractivity contribution in [2.75, 3.05) is 46.0 Å². The van der Waals surface area contributed by atoms with Gasteiger partial charge in [-0.3, -0.25) is 0 Å². The molecule has 0 atom stereocenters. The zero-order valence-corrected chi connectivity index (χ0v) is 33.7. The van der Waals surface area contributed by atoms with Gasteiger partial charge in [-0.1, -0.05) is 71.5 Å². The van der Waals surface area contributed by atoms with E-state index in [0.29, 0.717) is 0 Å². The maximum atomic E-state index is 5.57. The molecular formula is C20H16S18. The van der Waals surface area contributed by atoms with Crippen molar-refractivity contribution in [1.29, 1.82) is 0 Å². The quantitative estimate of drug-likeness (QED) is 0.231. The van der Waals surface area contributed by atoms with Crippen molar-refractivity contribution in [3.05, 3.63) is 31.7 Å². The Kier molecular flexibility index (Phi) is 13.4. The summed E-state index contributed by atoms with van der Waals surface area (Å²) in [6.45, 7) is 0. The molecule has 4 aliphatic rings. The second-order valence-electron chi connectivity index (χ2n) is 6.98. The molecule has 2 aromatic heterocycles. The van der Waals surface area contributed by atoms with Gasteiger partial charge in [0, 0.05) is 46.0 Å². The summed E-state index contributed by atoms with van der Waals surface area (Å²) in [5, 5.41) is 0. The van der Waals surface area contributed by atoms with Crippen LogP contribution in [0.4, 0.5) is 0 Å². The standard InChI is InChI=1S/C20H16S18/c21-19-35-13-14(36-19)28-7-3-25-11-12-26-4-8-30-16-15(37-20(22)38-16)29-6-2-24-10-9(23-1-5-27-13)31-17(32-10)18(33-11)34-12/h1-8H2. The third-order valence-electron chi connectivity index (χ3n) is 4.48. The van der Waals surface area contributed by atoms with E-state index in [1.807, 2.05) is 139 Å². The first-order valence-corrected chi connectivity index (χ1v) is 26.1. The highest BCUT2D eigenvalue weighted by Crippen LogP contribution is 2.66. The molecule has 0 aromatic carbocycles. The van der Waals surface area contributed by atoms with Crippen LogP contribution in [0.5, 0.6) is 0 Å². The first kappa shape index (κ1) is 31.9. The number of hydrogen-bond donors (Lipinski definition) is 0. The summed E-state index contributed by atoms with van der Waals surface area (Å²) < 4.78 is 16.9. The Balaban J connectivity index is 1.28. The van der Waals surface area contributed by atoms with Crippen LogP contribution in [0.1, 0.15) is 0 Å². The third kappa shape index (κ3) is 8.60. The number of fused-ring (bicyclic) bond motifs is 6. The highest BCUT2D eigenvalue weighted by atomic mass is 32.3. The molecule has 4 aliphatic heterocycles. The largest absolute Gasteiger partial charge is 0.145 e. The van der Waals surface area contributed by atoms with Crippen LogP contribution in [0.25, 0.3) is 0 Å². The smallest absolute Gasteiger partial charge is 0.116 e. The van der Waals surface area contributed by atoms with Crippen LogP contribution >= 0.6 is 211 Å². The molecule has 38 heavy (non-hydrogen) atoms. The van der Waals surface area contributed by atoms with Crippen LogP contribution in [0, 0.1) is 6.28 Å². The Morgan fingerprint density at radius 3 is 0.816 bits per heavy atom. The summed E-state index contributed by atoms with van der Waals surface area (Å²) in [7, 11) is 0. The average Bonchev–Trinajstić information content (AvgIpc) is 3.65. The van der Waals surface area contributed by atoms with Gasteiger partial charge in [0.25, 0.3) is 0 Å². The second-order valence-corrected chi connectivity index (χ2v) is 28.9. The van der Waals surface area contributed by atoms with Gasteiger partial charge < -0.3 is 0 Å². The topological polar surface area (TPSA) is 0 Å². The maximum absolute atomic E-state index is 5.57. The molecule has 6 bridgehead atoms. The Labute approximate surface area is 300 Å². The predicted molar refractivity (Wildman–Crippen MR) is 210 cm³/mol. The summed E-state index contributed by atoms with van der Waals surface area (Å²) in [5.74, 6) is 9.04. The number of rotatable bonds is 0. The van der Waals surface area contributed by atoms with Gasteiger partial charge in [-0.25, -0.2) is 0 Å².